The standard InChI is InChI=1S/C20H24N2O2/c1-2-15-24-20(17-11-6-7-13-21-17)19(16-9-4-3-5-10-16)22-14-8-12-18(22)23/h3-7,9-11,13,19-20H,2,8,12,14-15H2,1H3/t19-,20+/m0/s1. The third kappa shape index (κ3) is 3.65. The monoisotopic (exact) mass is 324 g/mol. The number of carbonyl (C=O) groups excluding carboxylic acids is 1. The molecule has 0 bridgehead atoms. The zero-order valence-corrected chi connectivity index (χ0v) is 14.1. The van der Waals surface area contributed by atoms with E-state index in [4.69, 9.17) is 4.74 Å². The van der Waals surface area contributed by atoms with Gasteiger partial charge in [-0.15, -0.1) is 0 Å². The number of amides is 1. The van der Waals surface area contributed by atoms with Crippen LogP contribution in [0.1, 0.15) is 49.6 Å². The second-order valence-corrected chi connectivity index (χ2v) is 6.09. The minimum atomic E-state index is -0.254. The molecule has 1 aromatic carbocycles. The Balaban J connectivity index is 2.01. The summed E-state index contributed by atoms with van der Waals surface area (Å²) >= 11 is 0. The van der Waals surface area contributed by atoms with Gasteiger partial charge in [0.15, 0.2) is 0 Å². The highest BCUT2D eigenvalue weighted by molar-refractivity contribution is 5.78. The summed E-state index contributed by atoms with van der Waals surface area (Å²) in [5, 5.41) is 0. The number of carbonyl (C=O) groups is 1. The molecular weight excluding hydrogens is 300 g/mol. The first kappa shape index (κ1) is 16.7. The molecule has 1 aliphatic rings. The van der Waals surface area contributed by atoms with Gasteiger partial charge >= 0.3 is 0 Å². The maximum atomic E-state index is 12.4. The van der Waals surface area contributed by atoms with Crippen LogP contribution in [0.5, 0.6) is 0 Å². The van der Waals surface area contributed by atoms with Crippen molar-refractivity contribution in [1.82, 2.24) is 9.88 Å². The van der Waals surface area contributed by atoms with E-state index >= 15 is 0 Å². The Kier molecular flexibility index (Phi) is 5.59. The molecule has 3 rings (SSSR count). The van der Waals surface area contributed by atoms with Crippen molar-refractivity contribution >= 4 is 5.91 Å². The van der Waals surface area contributed by atoms with E-state index in [1.165, 1.54) is 0 Å². The van der Waals surface area contributed by atoms with Crippen LogP contribution < -0.4 is 0 Å². The van der Waals surface area contributed by atoms with Gasteiger partial charge < -0.3 is 9.64 Å². The van der Waals surface area contributed by atoms with E-state index in [-0.39, 0.29) is 18.1 Å². The summed E-state index contributed by atoms with van der Waals surface area (Å²) in [5.74, 6) is 0.199. The molecule has 1 aromatic heterocycles. The topological polar surface area (TPSA) is 42.4 Å². The molecule has 1 aliphatic heterocycles. The van der Waals surface area contributed by atoms with Gasteiger partial charge in [0.25, 0.3) is 0 Å². The zero-order chi connectivity index (χ0) is 16.8. The molecule has 0 unspecified atom stereocenters. The van der Waals surface area contributed by atoms with Crippen molar-refractivity contribution in [3.05, 3.63) is 66.0 Å². The molecule has 126 valence electrons. The van der Waals surface area contributed by atoms with Crippen molar-refractivity contribution in [2.75, 3.05) is 13.2 Å². The molecule has 0 spiro atoms. The van der Waals surface area contributed by atoms with E-state index in [0.717, 1.165) is 30.6 Å². The number of likely N-dealkylation sites (tertiary alicyclic amines) is 1. The van der Waals surface area contributed by atoms with Crippen molar-refractivity contribution in [2.24, 2.45) is 0 Å². The van der Waals surface area contributed by atoms with Crippen LogP contribution in [0.15, 0.2) is 54.7 Å². The van der Waals surface area contributed by atoms with Crippen LogP contribution in [0.25, 0.3) is 0 Å². The summed E-state index contributed by atoms with van der Waals surface area (Å²) in [6.07, 6.45) is 3.98. The minimum absolute atomic E-state index is 0.136. The second kappa shape index (κ2) is 8.06. The van der Waals surface area contributed by atoms with Gasteiger partial charge in [0, 0.05) is 25.8 Å². The van der Waals surface area contributed by atoms with Gasteiger partial charge in [-0.05, 0) is 30.5 Å². The molecule has 4 nitrogen and oxygen atoms in total. The predicted molar refractivity (Wildman–Crippen MR) is 93.4 cm³/mol. The Morgan fingerprint density at radius 1 is 1.17 bits per heavy atom. The molecule has 0 N–H and O–H groups in total. The van der Waals surface area contributed by atoms with Gasteiger partial charge in [-0.1, -0.05) is 43.3 Å². The molecule has 1 saturated heterocycles. The lowest BCUT2D eigenvalue weighted by atomic mass is 9.97. The second-order valence-electron chi connectivity index (χ2n) is 6.09. The average molecular weight is 324 g/mol. The fourth-order valence-electron chi connectivity index (χ4n) is 3.26. The van der Waals surface area contributed by atoms with E-state index in [1.54, 1.807) is 6.20 Å². The first-order valence-electron chi connectivity index (χ1n) is 8.68. The van der Waals surface area contributed by atoms with Gasteiger partial charge in [0.05, 0.1) is 11.7 Å². The summed E-state index contributed by atoms with van der Waals surface area (Å²) < 4.78 is 6.20. The highest BCUT2D eigenvalue weighted by Crippen LogP contribution is 2.38. The van der Waals surface area contributed by atoms with Gasteiger partial charge in [0.2, 0.25) is 5.91 Å². The van der Waals surface area contributed by atoms with E-state index in [0.29, 0.717) is 13.0 Å². The van der Waals surface area contributed by atoms with E-state index < -0.39 is 0 Å². The first-order valence-corrected chi connectivity index (χ1v) is 8.68. The largest absolute Gasteiger partial charge is 0.369 e. The van der Waals surface area contributed by atoms with Crippen LogP contribution in [0.4, 0.5) is 0 Å². The molecule has 2 aromatic rings. The number of pyridine rings is 1. The quantitative estimate of drug-likeness (QED) is 0.775. The summed E-state index contributed by atoms with van der Waals surface area (Å²) in [6.45, 7) is 3.51. The average Bonchev–Trinajstić information content (AvgIpc) is 3.05. The normalized spacial score (nSPS) is 17.0. The lowest BCUT2D eigenvalue weighted by Crippen LogP contribution is -2.35. The number of hydrogen-bond acceptors (Lipinski definition) is 3. The lowest BCUT2D eigenvalue weighted by molar-refractivity contribution is -0.133. The number of nitrogens with zero attached hydrogens (tertiary/aromatic N) is 2. The van der Waals surface area contributed by atoms with Crippen LogP contribution in [0.3, 0.4) is 0 Å². The summed E-state index contributed by atoms with van der Waals surface area (Å²) in [6, 6.07) is 15.9. The fourth-order valence-corrected chi connectivity index (χ4v) is 3.26. The van der Waals surface area contributed by atoms with Crippen LogP contribution in [-0.4, -0.2) is 28.9 Å². The molecule has 2 heterocycles. The van der Waals surface area contributed by atoms with Crippen LogP contribution in [0.2, 0.25) is 0 Å². The first-order chi connectivity index (χ1) is 11.8. The molecule has 4 heteroatoms. The van der Waals surface area contributed by atoms with E-state index in [9.17, 15) is 4.79 Å². The summed E-state index contributed by atoms with van der Waals surface area (Å²) in [7, 11) is 0. The number of rotatable bonds is 7. The number of ether oxygens (including phenoxy) is 1. The molecule has 0 saturated carbocycles. The lowest BCUT2D eigenvalue weighted by Gasteiger charge is -2.34. The van der Waals surface area contributed by atoms with Crippen molar-refractivity contribution in [3.63, 3.8) is 0 Å². The van der Waals surface area contributed by atoms with Crippen LogP contribution >= 0.6 is 0 Å². The third-order valence-electron chi connectivity index (χ3n) is 4.35. The van der Waals surface area contributed by atoms with Gasteiger partial charge in [-0.25, -0.2) is 0 Å². The molecule has 1 fully saturated rings. The molecule has 0 radical (unpaired) electrons. The Morgan fingerprint density at radius 3 is 2.58 bits per heavy atom. The fraction of sp³-hybridized carbons (Fsp3) is 0.400. The molecule has 1 amide bonds. The predicted octanol–water partition coefficient (Wildman–Crippen LogP) is 3.91. The number of aromatic nitrogens is 1. The molecular formula is C20H24N2O2. The van der Waals surface area contributed by atoms with Crippen molar-refractivity contribution in [3.8, 4) is 0 Å². The minimum Gasteiger partial charge on any atom is -0.369 e. The van der Waals surface area contributed by atoms with Crippen LogP contribution in [-0.2, 0) is 9.53 Å². The Hall–Kier alpha value is -2.20. The molecule has 2 atom stereocenters. The number of hydrogen-bond donors (Lipinski definition) is 0. The van der Waals surface area contributed by atoms with Crippen molar-refractivity contribution in [2.45, 2.75) is 38.3 Å². The van der Waals surface area contributed by atoms with Gasteiger partial charge in [-0.2, -0.15) is 0 Å². The maximum absolute atomic E-state index is 12.4. The summed E-state index contributed by atoms with van der Waals surface area (Å²) in [5.41, 5.74) is 1.97. The van der Waals surface area contributed by atoms with Gasteiger partial charge in [0.1, 0.15) is 6.10 Å². The smallest absolute Gasteiger partial charge is 0.223 e. The highest BCUT2D eigenvalue weighted by atomic mass is 16.5. The van der Waals surface area contributed by atoms with E-state index in [2.05, 4.69) is 24.0 Å². The van der Waals surface area contributed by atoms with Crippen LogP contribution in [0, 0.1) is 0 Å². The SMILES string of the molecule is CCCO[C@H](c1ccccn1)[C@H](c1ccccc1)N1CCCC1=O. The van der Waals surface area contributed by atoms with Gasteiger partial charge in [-0.3, -0.25) is 9.78 Å². The van der Waals surface area contributed by atoms with E-state index in [1.807, 2.05) is 41.3 Å². The van der Waals surface area contributed by atoms with Crippen molar-refractivity contribution < 1.29 is 9.53 Å². The Bertz CT molecular complexity index is 645. The Labute approximate surface area is 143 Å². The third-order valence-corrected chi connectivity index (χ3v) is 4.35. The Morgan fingerprint density at radius 2 is 1.96 bits per heavy atom. The number of benzene rings is 1. The highest BCUT2D eigenvalue weighted by Gasteiger charge is 2.36. The van der Waals surface area contributed by atoms with Crippen molar-refractivity contribution in [1.29, 1.82) is 0 Å². The maximum Gasteiger partial charge on any atom is 0.223 e. The summed E-state index contributed by atoms with van der Waals surface area (Å²) in [4.78, 5) is 18.9. The molecule has 24 heavy (non-hydrogen) atoms. The zero-order valence-electron chi connectivity index (χ0n) is 14.1. The molecule has 0 aliphatic carbocycles.